The van der Waals surface area contributed by atoms with E-state index >= 15 is 0 Å². The van der Waals surface area contributed by atoms with Crippen LogP contribution in [0.15, 0.2) is 0 Å². The number of aliphatic hydroxyl groups is 1. The lowest BCUT2D eigenvalue weighted by Crippen LogP contribution is -2.51. The Morgan fingerprint density at radius 3 is 2.63 bits per heavy atom. The number of amides is 1. The summed E-state index contributed by atoms with van der Waals surface area (Å²) >= 11 is 0. The van der Waals surface area contributed by atoms with Crippen LogP contribution in [0.2, 0.25) is 0 Å². The molecule has 2 N–H and O–H groups in total. The summed E-state index contributed by atoms with van der Waals surface area (Å²) in [6.07, 6.45) is 4.65. The van der Waals surface area contributed by atoms with Gasteiger partial charge in [-0.2, -0.15) is 0 Å². The minimum Gasteiger partial charge on any atom is -0.393 e. The summed E-state index contributed by atoms with van der Waals surface area (Å²) < 4.78 is 0. The van der Waals surface area contributed by atoms with E-state index in [9.17, 15) is 9.90 Å². The van der Waals surface area contributed by atoms with E-state index in [-0.39, 0.29) is 12.0 Å². The van der Waals surface area contributed by atoms with Gasteiger partial charge in [-0.25, -0.2) is 0 Å². The van der Waals surface area contributed by atoms with E-state index in [4.69, 9.17) is 0 Å². The molecule has 3 fully saturated rings. The number of hydrogen-bond acceptors (Lipinski definition) is 4. The molecule has 19 heavy (non-hydrogen) atoms. The van der Waals surface area contributed by atoms with Gasteiger partial charge in [0.05, 0.1) is 12.6 Å². The molecule has 0 saturated carbocycles. The lowest BCUT2D eigenvalue weighted by molar-refractivity contribution is -0.138. The molecule has 3 rings (SSSR count). The van der Waals surface area contributed by atoms with Gasteiger partial charge >= 0.3 is 0 Å². The number of carbonyl (C=O) groups is 1. The number of hydrogen-bond donors (Lipinski definition) is 2. The minimum atomic E-state index is -0.191. The maximum atomic E-state index is 12.5. The number of fused-ring (bicyclic) bond motifs is 2. The quantitative estimate of drug-likeness (QED) is 0.727. The summed E-state index contributed by atoms with van der Waals surface area (Å²) in [5, 5.41) is 13.2. The SMILES string of the molecule is O=C(CN1CCCNCC1)N1C2CCC1CC(O)C2. The summed E-state index contributed by atoms with van der Waals surface area (Å²) in [6.45, 7) is 4.59. The standard InChI is InChI=1S/C14H25N3O2/c18-13-8-11-2-3-12(9-13)17(11)14(19)10-16-6-1-4-15-5-7-16/h11-13,15,18H,1-10H2. The Morgan fingerprint density at radius 2 is 1.89 bits per heavy atom. The van der Waals surface area contributed by atoms with Crippen molar-refractivity contribution < 1.29 is 9.90 Å². The van der Waals surface area contributed by atoms with Gasteiger partial charge in [-0.15, -0.1) is 0 Å². The van der Waals surface area contributed by atoms with E-state index < -0.39 is 0 Å². The molecule has 5 nitrogen and oxygen atoms in total. The van der Waals surface area contributed by atoms with E-state index in [1.54, 1.807) is 0 Å². The molecule has 2 bridgehead atoms. The van der Waals surface area contributed by atoms with Crippen molar-refractivity contribution in [3.05, 3.63) is 0 Å². The van der Waals surface area contributed by atoms with Gasteiger partial charge in [0.1, 0.15) is 0 Å². The first-order chi connectivity index (χ1) is 9.24. The molecule has 0 aromatic carbocycles. The van der Waals surface area contributed by atoms with Crippen molar-refractivity contribution in [2.45, 2.75) is 50.3 Å². The number of rotatable bonds is 2. The number of nitrogens with zero attached hydrogens (tertiary/aromatic N) is 2. The van der Waals surface area contributed by atoms with Crippen LogP contribution in [0.1, 0.15) is 32.1 Å². The van der Waals surface area contributed by atoms with Crippen molar-refractivity contribution >= 4 is 5.91 Å². The van der Waals surface area contributed by atoms with Gasteiger partial charge in [-0.3, -0.25) is 9.69 Å². The van der Waals surface area contributed by atoms with Gasteiger partial charge in [0, 0.05) is 25.2 Å². The Hall–Kier alpha value is -0.650. The van der Waals surface area contributed by atoms with Gasteiger partial charge in [0.15, 0.2) is 0 Å². The second-order valence-corrected chi connectivity index (χ2v) is 6.19. The van der Waals surface area contributed by atoms with Crippen LogP contribution >= 0.6 is 0 Å². The number of nitrogens with one attached hydrogen (secondary N) is 1. The highest BCUT2D eigenvalue weighted by Gasteiger charge is 2.42. The predicted molar refractivity (Wildman–Crippen MR) is 72.8 cm³/mol. The Labute approximate surface area is 114 Å². The van der Waals surface area contributed by atoms with Crippen LogP contribution in [-0.2, 0) is 4.79 Å². The topological polar surface area (TPSA) is 55.8 Å². The number of piperidine rings is 1. The first-order valence-corrected chi connectivity index (χ1v) is 7.66. The van der Waals surface area contributed by atoms with Gasteiger partial charge in [0.2, 0.25) is 5.91 Å². The minimum absolute atomic E-state index is 0.191. The molecule has 0 spiro atoms. The molecule has 0 radical (unpaired) electrons. The summed E-state index contributed by atoms with van der Waals surface area (Å²) in [5.41, 5.74) is 0. The normalized spacial score (nSPS) is 36.3. The predicted octanol–water partition coefficient (Wildman–Crippen LogP) is -0.204. The van der Waals surface area contributed by atoms with E-state index in [1.807, 2.05) is 0 Å². The average Bonchev–Trinajstić information content (AvgIpc) is 2.58. The van der Waals surface area contributed by atoms with Crippen LogP contribution < -0.4 is 5.32 Å². The average molecular weight is 267 g/mol. The van der Waals surface area contributed by atoms with E-state index in [0.717, 1.165) is 58.3 Å². The molecule has 2 atom stereocenters. The van der Waals surface area contributed by atoms with E-state index in [1.165, 1.54) is 0 Å². The molecule has 0 aromatic rings. The number of carbonyl (C=O) groups excluding carboxylic acids is 1. The molecule has 3 aliphatic heterocycles. The largest absolute Gasteiger partial charge is 0.393 e. The molecule has 108 valence electrons. The molecule has 2 unspecified atom stereocenters. The maximum Gasteiger partial charge on any atom is 0.237 e. The van der Waals surface area contributed by atoms with Crippen LogP contribution in [0.3, 0.4) is 0 Å². The highest BCUT2D eigenvalue weighted by atomic mass is 16.3. The fourth-order valence-electron chi connectivity index (χ4n) is 3.89. The molecule has 0 aromatic heterocycles. The summed E-state index contributed by atoms with van der Waals surface area (Å²) in [6, 6.07) is 0.595. The first kappa shape index (κ1) is 13.3. The maximum absolute atomic E-state index is 12.5. The smallest absolute Gasteiger partial charge is 0.237 e. The lowest BCUT2D eigenvalue weighted by Gasteiger charge is -2.38. The van der Waals surface area contributed by atoms with E-state index in [2.05, 4.69) is 15.1 Å². The summed E-state index contributed by atoms with van der Waals surface area (Å²) in [7, 11) is 0. The summed E-state index contributed by atoms with van der Waals surface area (Å²) in [4.78, 5) is 16.9. The Bertz CT molecular complexity index is 315. The highest BCUT2D eigenvalue weighted by molar-refractivity contribution is 5.79. The Morgan fingerprint density at radius 1 is 1.16 bits per heavy atom. The third kappa shape index (κ3) is 2.93. The zero-order valence-corrected chi connectivity index (χ0v) is 11.6. The molecule has 0 aliphatic carbocycles. The monoisotopic (exact) mass is 267 g/mol. The second-order valence-electron chi connectivity index (χ2n) is 6.19. The zero-order chi connectivity index (χ0) is 13.2. The fourth-order valence-corrected chi connectivity index (χ4v) is 3.89. The Balaban J connectivity index is 1.58. The van der Waals surface area contributed by atoms with Crippen molar-refractivity contribution in [1.82, 2.24) is 15.1 Å². The second kappa shape index (κ2) is 5.77. The van der Waals surface area contributed by atoms with Gasteiger partial charge < -0.3 is 15.3 Å². The van der Waals surface area contributed by atoms with Crippen molar-refractivity contribution in [3.8, 4) is 0 Å². The molecule has 5 heteroatoms. The summed E-state index contributed by atoms with van der Waals surface area (Å²) in [5.74, 6) is 0.279. The van der Waals surface area contributed by atoms with Crippen LogP contribution in [0, 0.1) is 0 Å². The molecular formula is C14H25N3O2. The highest BCUT2D eigenvalue weighted by Crippen LogP contribution is 2.35. The molecule has 3 saturated heterocycles. The van der Waals surface area contributed by atoms with Gasteiger partial charge in [0.25, 0.3) is 0 Å². The molecule has 1 amide bonds. The van der Waals surface area contributed by atoms with Crippen molar-refractivity contribution in [1.29, 1.82) is 0 Å². The van der Waals surface area contributed by atoms with Crippen LogP contribution in [-0.4, -0.2) is 71.7 Å². The third-order valence-electron chi connectivity index (χ3n) is 4.79. The van der Waals surface area contributed by atoms with Gasteiger partial charge in [-0.05, 0) is 45.2 Å². The number of aliphatic hydroxyl groups excluding tert-OH is 1. The first-order valence-electron chi connectivity index (χ1n) is 7.66. The van der Waals surface area contributed by atoms with Crippen molar-refractivity contribution in [2.24, 2.45) is 0 Å². The molecule has 3 aliphatic rings. The van der Waals surface area contributed by atoms with Crippen LogP contribution in [0.25, 0.3) is 0 Å². The zero-order valence-electron chi connectivity index (χ0n) is 11.6. The van der Waals surface area contributed by atoms with E-state index in [0.29, 0.717) is 18.6 Å². The van der Waals surface area contributed by atoms with Crippen LogP contribution in [0.5, 0.6) is 0 Å². The third-order valence-corrected chi connectivity index (χ3v) is 4.79. The van der Waals surface area contributed by atoms with Crippen molar-refractivity contribution in [2.75, 3.05) is 32.7 Å². The van der Waals surface area contributed by atoms with Crippen molar-refractivity contribution in [3.63, 3.8) is 0 Å². The Kier molecular flexibility index (Phi) is 4.05. The molecule has 3 heterocycles. The fraction of sp³-hybridized carbons (Fsp3) is 0.929. The van der Waals surface area contributed by atoms with Gasteiger partial charge in [-0.1, -0.05) is 0 Å². The lowest BCUT2D eigenvalue weighted by atomic mass is 10.00. The van der Waals surface area contributed by atoms with Crippen LogP contribution in [0.4, 0.5) is 0 Å². The molecular weight excluding hydrogens is 242 g/mol.